The van der Waals surface area contributed by atoms with Crippen LogP contribution in [0.25, 0.3) is 11.3 Å². The fourth-order valence-electron chi connectivity index (χ4n) is 4.32. The van der Waals surface area contributed by atoms with Gasteiger partial charge in [0.05, 0.1) is 22.0 Å². The molecule has 5 rings (SSSR count). The Hall–Kier alpha value is -2.65. The van der Waals surface area contributed by atoms with Crippen molar-refractivity contribution in [2.24, 2.45) is 5.73 Å². The van der Waals surface area contributed by atoms with E-state index < -0.39 is 9.84 Å². The number of nitrogens with zero attached hydrogens (tertiary/aromatic N) is 2. The van der Waals surface area contributed by atoms with E-state index in [1.54, 1.807) is 12.3 Å². The number of hydrogen-bond donors (Lipinski definition) is 4. The van der Waals surface area contributed by atoms with Gasteiger partial charge in [0, 0.05) is 35.0 Å². The lowest BCUT2D eigenvalue weighted by Gasteiger charge is -2.24. The number of H-pyrrole nitrogens is 2. The zero-order valence-electron chi connectivity index (χ0n) is 17.6. The highest BCUT2D eigenvalue weighted by Gasteiger charge is 2.38. The molecule has 2 aliphatic carbocycles. The van der Waals surface area contributed by atoms with Crippen molar-refractivity contribution in [3.05, 3.63) is 42.0 Å². The Morgan fingerprint density at radius 3 is 2.55 bits per heavy atom. The van der Waals surface area contributed by atoms with E-state index >= 15 is 0 Å². The Morgan fingerprint density at radius 1 is 1.10 bits per heavy atom. The van der Waals surface area contributed by atoms with Crippen molar-refractivity contribution in [3.63, 3.8) is 0 Å². The maximum absolute atomic E-state index is 13.2. The number of benzene rings is 1. The molecule has 2 aromatic heterocycles. The molecule has 2 aliphatic rings. The molecule has 0 unspecified atom stereocenters. The molecule has 0 bridgehead atoms. The number of aryl methyl sites for hydroxylation is 1. The second-order valence-corrected chi connectivity index (χ2v) is 11.0. The lowest BCUT2D eigenvalue weighted by molar-refractivity contribution is 0.386. The zero-order valence-corrected chi connectivity index (χ0v) is 18.4. The predicted molar refractivity (Wildman–Crippen MR) is 120 cm³/mol. The van der Waals surface area contributed by atoms with E-state index in [0.29, 0.717) is 40.7 Å². The Balaban J connectivity index is 1.49. The summed E-state index contributed by atoms with van der Waals surface area (Å²) in [4.78, 5) is 8.34. The molecule has 0 saturated heterocycles. The van der Waals surface area contributed by atoms with Crippen LogP contribution in [-0.4, -0.2) is 39.9 Å². The van der Waals surface area contributed by atoms with Crippen LogP contribution in [-0.2, 0) is 9.84 Å². The molecule has 164 valence electrons. The van der Waals surface area contributed by atoms with Crippen LogP contribution in [0.3, 0.4) is 0 Å². The van der Waals surface area contributed by atoms with Gasteiger partial charge in [-0.25, -0.2) is 13.4 Å². The van der Waals surface area contributed by atoms with Gasteiger partial charge >= 0.3 is 0 Å². The molecule has 1 aromatic carbocycles. The van der Waals surface area contributed by atoms with Crippen LogP contribution in [0.4, 0.5) is 11.5 Å². The first-order chi connectivity index (χ1) is 14.9. The first-order valence-corrected chi connectivity index (χ1v) is 12.4. The molecule has 2 fully saturated rings. The molecule has 31 heavy (non-hydrogen) atoms. The standard InChI is InChI=1S/C22H28N6O2S/c1-13-10-21(28-27-13)25-16-6-9-18(20(11-16)31(29,30)17-7-8-17)19-12-24-22(26-19)14-2-4-15(23)5-3-14/h6,9-12,14-15,17H,2-5,7-8,23H2,1H3,(H,24,26)(H2,25,27,28). The molecule has 2 saturated carbocycles. The number of aromatic amines is 2. The van der Waals surface area contributed by atoms with Crippen LogP contribution < -0.4 is 11.1 Å². The third-order valence-electron chi connectivity index (χ3n) is 6.27. The largest absolute Gasteiger partial charge is 0.342 e. The highest BCUT2D eigenvalue weighted by Crippen LogP contribution is 2.40. The molecule has 0 atom stereocenters. The summed E-state index contributed by atoms with van der Waals surface area (Å²) in [6.07, 6.45) is 7.20. The van der Waals surface area contributed by atoms with Crippen molar-refractivity contribution in [1.29, 1.82) is 0 Å². The molecule has 0 amide bonds. The van der Waals surface area contributed by atoms with Gasteiger partial charge in [0.25, 0.3) is 0 Å². The van der Waals surface area contributed by atoms with Crippen molar-refractivity contribution in [3.8, 4) is 11.3 Å². The Bertz CT molecular complexity index is 1190. The van der Waals surface area contributed by atoms with Gasteiger partial charge in [0.2, 0.25) is 0 Å². The summed E-state index contributed by atoms with van der Waals surface area (Å²) < 4.78 is 26.5. The molecule has 9 heteroatoms. The fraction of sp³-hybridized carbons (Fsp3) is 0.455. The minimum atomic E-state index is -3.41. The van der Waals surface area contributed by atoms with Crippen molar-refractivity contribution in [2.75, 3.05) is 5.32 Å². The quantitative estimate of drug-likeness (QED) is 0.462. The van der Waals surface area contributed by atoms with Gasteiger partial charge in [-0.3, -0.25) is 5.10 Å². The van der Waals surface area contributed by atoms with E-state index in [4.69, 9.17) is 5.73 Å². The van der Waals surface area contributed by atoms with E-state index in [1.165, 1.54) is 0 Å². The van der Waals surface area contributed by atoms with E-state index in [9.17, 15) is 8.42 Å². The van der Waals surface area contributed by atoms with Crippen LogP contribution in [0, 0.1) is 6.92 Å². The highest BCUT2D eigenvalue weighted by atomic mass is 32.2. The maximum atomic E-state index is 13.2. The number of sulfone groups is 1. The monoisotopic (exact) mass is 440 g/mol. The molecule has 0 aliphatic heterocycles. The highest BCUT2D eigenvalue weighted by molar-refractivity contribution is 7.92. The summed E-state index contributed by atoms with van der Waals surface area (Å²) in [5.74, 6) is 1.92. The summed E-state index contributed by atoms with van der Waals surface area (Å²) in [6, 6.07) is 7.60. The van der Waals surface area contributed by atoms with Gasteiger partial charge < -0.3 is 16.0 Å². The second kappa shape index (κ2) is 7.80. The zero-order chi connectivity index (χ0) is 21.6. The number of anilines is 2. The third kappa shape index (κ3) is 4.12. The van der Waals surface area contributed by atoms with E-state index in [2.05, 4.69) is 25.5 Å². The number of hydrogen-bond acceptors (Lipinski definition) is 6. The molecule has 5 N–H and O–H groups in total. The average Bonchev–Trinajstić information content (AvgIpc) is 3.38. The minimum Gasteiger partial charge on any atom is -0.342 e. The summed E-state index contributed by atoms with van der Waals surface area (Å²) in [7, 11) is -3.41. The Morgan fingerprint density at radius 2 is 1.87 bits per heavy atom. The minimum absolute atomic E-state index is 0.277. The lowest BCUT2D eigenvalue weighted by Crippen LogP contribution is -2.26. The SMILES string of the molecule is Cc1cc(Nc2ccc(-c3cnc(C4CCC(N)CC4)[nH]3)c(S(=O)(=O)C3CC3)c2)n[nH]1. The average molecular weight is 441 g/mol. The van der Waals surface area contributed by atoms with Crippen LogP contribution in [0.1, 0.15) is 56.0 Å². The molecule has 0 radical (unpaired) electrons. The van der Waals surface area contributed by atoms with Gasteiger partial charge in [-0.05, 0) is 63.6 Å². The molecule has 0 spiro atoms. The summed E-state index contributed by atoms with van der Waals surface area (Å²) in [6.45, 7) is 1.92. The maximum Gasteiger partial charge on any atom is 0.181 e. The second-order valence-electron chi connectivity index (χ2n) is 8.81. The summed E-state index contributed by atoms with van der Waals surface area (Å²) in [5, 5.41) is 9.96. The number of imidazole rings is 1. The predicted octanol–water partition coefficient (Wildman–Crippen LogP) is 3.77. The van der Waals surface area contributed by atoms with E-state index in [0.717, 1.165) is 42.9 Å². The molecular weight excluding hydrogens is 412 g/mol. The number of nitrogens with two attached hydrogens (primary N) is 1. The molecule has 2 heterocycles. The summed E-state index contributed by atoms with van der Waals surface area (Å²) in [5.41, 5.74) is 9.06. The van der Waals surface area contributed by atoms with E-state index in [1.807, 2.05) is 25.1 Å². The normalized spacial score (nSPS) is 21.9. The third-order valence-corrected chi connectivity index (χ3v) is 8.57. The van der Waals surface area contributed by atoms with Crippen molar-refractivity contribution >= 4 is 21.3 Å². The number of rotatable bonds is 6. The number of aromatic nitrogens is 4. The summed E-state index contributed by atoms with van der Waals surface area (Å²) >= 11 is 0. The number of nitrogens with one attached hydrogen (secondary N) is 3. The molecular formula is C22H28N6O2S. The fourth-order valence-corrected chi connectivity index (χ4v) is 6.21. The van der Waals surface area contributed by atoms with Gasteiger partial charge in [0.15, 0.2) is 15.7 Å². The van der Waals surface area contributed by atoms with Crippen LogP contribution in [0.15, 0.2) is 35.4 Å². The van der Waals surface area contributed by atoms with Gasteiger partial charge in [-0.2, -0.15) is 5.10 Å². The lowest BCUT2D eigenvalue weighted by atomic mass is 9.86. The van der Waals surface area contributed by atoms with Crippen LogP contribution >= 0.6 is 0 Å². The first-order valence-electron chi connectivity index (χ1n) is 10.9. The van der Waals surface area contributed by atoms with Gasteiger partial charge in [-0.1, -0.05) is 0 Å². The first kappa shape index (κ1) is 20.3. The molecule has 8 nitrogen and oxygen atoms in total. The van der Waals surface area contributed by atoms with Crippen molar-refractivity contribution in [2.45, 2.75) is 67.6 Å². The Kier molecular flexibility index (Phi) is 5.10. The van der Waals surface area contributed by atoms with Gasteiger partial charge in [-0.15, -0.1) is 0 Å². The van der Waals surface area contributed by atoms with Crippen molar-refractivity contribution in [1.82, 2.24) is 20.2 Å². The van der Waals surface area contributed by atoms with Gasteiger partial charge in [0.1, 0.15) is 5.82 Å². The van der Waals surface area contributed by atoms with Crippen LogP contribution in [0.2, 0.25) is 0 Å². The molecule has 3 aromatic rings. The Labute approximate surface area is 182 Å². The van der Waals surface area contributed by atoms with E-state index in [-0.39, 0.29) is 11.3 Å². The topological polar surface area (TPSA) is 130 Å². The smallest absolute Gasteiger partial charge is 0.181 e. The van der Waals surface area contributed by atoms with Crippen LogP contribution in [0.5, 0.6) is 0 Å². The van der Waals surface area contributed by atoms with Crippen molar-refractivity contribution < 1.29 is 8.42 Å².